The molecule has 1 aliphatic carbocycles. The van der Waals surface area contributed by atoms with Gasteiger partial charge in [0.15, 0.2) is 5.69 Å². The van der Waals surface area contributed by atoms with E-state index in [1.54, 1.807) is 0 Å². The monoisotopic (exact) mass is 310 g/mol. The first kappa shape index (κ1) is 14.4. The molecule has 1 saturated heterocycles. The topological polar surface area (TPSA) is 72.1 Å². The van der Waals surface area contributed by atoms with Crippen LogP contribution in [-0.2, 0) is 0 Å². The van der Waals surface area contributed by atoms with Crippen LogP contribution in [0.4, 0.5) is 5.69 Å². The standard InChI is InChI=1S/C18H22N4O/c19-16-13-8-2-3-9-14(13)20-21-17(16)18(23)22-11-5-7-12-6-1-4-10-15(12)22/h2-3,8-9,12,15H,1,4-7,10-11H2,(H2,19,20)/t12-,15-/m1/s1. The predicted molar refractivity (Wildman–Crippen MR) is 90.0 cm³/mol. The van der Waals surface area contributed by atoms with Gasteiger partial charge in [-0.1, -0.05) is 31.0 Å². The molecule has 2 heterocycles. The molecule has 1 aromatic heterocycles. The number of nitrogen functional groups attached to an aromatic ring is 1. The average Bonchev–Trinajstić information content (AvgIpc) is 2.61. The number of rotatable bonds is 1. The molecule has 2 fully saturated rings. The summed E-state index contributed by atoms with van der Waals surface area (Å²) >= 11 is 0. The van der Waals surface area contributed by atoms with Crippen molar-refractivity contribution < 1.29 is 4.79 Å². The molecule has 1 amide bonds. The molecule has 0 radical (unpaired) electrons. The van der Waals surface area contributed by atoms with Crippen LogP contribution < -0.4 is 5.73 Å². The molecule has 1 aromatic carbocycles. The Labute approximate surface area is 135 Å². The number of hydrogen-bond acceptors (Lipinski definition) is 4. The summed E-state index contributed by atoms with van der Waals surface area (Å²) in [6.07, 6.45) is 7.18. The number of carbonyl (C=O) groups excluding carboxylic acids is 1. The molecule has 1 saturated carbocycles. The van der Waals surface area contributed by atoms with Gasteiger partial charge in [-0.05, 0) is 37.7 Å². The second kappa shape index (κ2) is 5.80. The Bertz CT molecular complexity index is 743. The van der Waals surface area contributed by atoms with Crippen molar-refractivity contribution in [3.63, 3.8) is 0 Å². The van der Waals surface area contributed by atoms with E-state index in [9.17, 15) is 4.79 Å². The number of aromatic nitrogens is 2. The van der Waals surface area contributed by atoms with Crippen LogP contribution in [0.1, 0.15) is 49.0 Å². The van der Waals surface area contributed by atoms with E-state index in [1.807, 2.05) is 29.2 Å². The molecular formula is C18H22N4O. The third-order valence-corrected chi connectivity index (χ3v) is 5.41. The zero-order valence-corrected chi connectivity index (χ0v) is 13.2. The Morgan fingerprint density at radius 3 is 2.78 bits per heavy atom. The Morgan fingerprint density at radius 1 is 1.09 bits per heavy atom. The molecule has 5 nitrogen and oxygen atoms in total. The number of piperidine rings is 1. The van der Waals surface area contributed by atoms with E-state index in [1.165, 1.54) is 25.7 Å². The van der Waals surface area contributed by atoms with E-state index in [4.69, 9.17) is 5.73 Å². The van der Waals surface area contributed by atoms with Crippen molar-refractivity contribution in [2.24, 2.45) is 5.92 Å². The van der Waals surface area contributed by atoms with Gasteiger partial charge in [0.25, 0.3) is 5.91 Å². The summed E-state index contributed by atoms with van der Waals surface area (Å²) in [5.41, 5.74) is 7.75. The molecule has 0 unspecified atom stereocenters. The number of anilines is 1. The Hall–Kier alpha value is -2.17. The Balaban J connectivity index is 1.69. The lowest BCUT2D eigenvalue weighted by molar-refractivity contribution is 0.0385. The highest BCUT2D eigenvalue weighted by Gasteiger charge is 2.37. The van der Waals surface area contributed by atoms with Crippen LogP contribution in [0, 0.1) is 5.92 Å². The lowest BCUT2D eigenvalue weighted by Crippen LogP contribution is -2.50. The van der Waals surface area contributed by atoms with Crippen molar-refractivity contribution in [3.05, 3.63) is 30.0 Å². The van der Waals surface area contributed by atoms with Gasteiger partial charge >= 0.3 is 0 Å². The molecule has 2 aliphatic rings. The number of nitrogens with zero attached hydrogens (tertiary/aromatic N) is 3. The van der Waals surface area contributed by atoms with Crippen molar-refractivity contribution in [2.75, 3.05) is 12.3 Å². The van der Waals surface area contributed by atoms with Crippen molar-refractivity contribution in [1.82, 2.24) is 15.1 Å². The molecule has 1 aliphatic heterocycles. The number of hydrogen-bond donors (Lipinski definition) is 1. The molecule has 2 aromatic rings. The van der Waals surface area contributed by atoms with E-state index in [0.29, 0.717) is 23.3 Å². The summed E-state index contributed by atoms with van der Waals surface area (Å²) in [5, 5.41) is 9.15. The van der Waals surface area contributed by atoms with Crippen LogP contribution >= 0.6 is 0 Å². The van der Waals surface area contributed by atoms with E-state index in [-0.39, 0.29) is 5.91 Å². The van der Waals surface area contributed by atoms with E-state index >= 15 is 0 Å². The van der Waals surface area contributed by atoms with Gasteiger partial charge in [0.1, 0.15) is 0 Å². The van der Waals surface area contributed by atoms with Gasteiger partial charge in [0, 0.05) is 18.0 Å². The molecule has 0 spiro atoms. The maximum absolute atomic E-state index is 13.1. The second-order valence-electron chi connectivity index (χ2n) is 6.73. The lowest BCUT2D eigenvalue weighted by Gasteiger charge is -2.44. The van der Waals surface area contributed by atoms with Gasteiger partial charge in [-0.3, -0.25) is 4.79 Å². The van der Waals surface area contributed by atoms with Gasteiger partial charge in [-0.25, -0.2) is 0 Å². The molecule has 2 N–H and O–H groups in total. The zero-order valence-electron chi connectivity index (χ0n) is 13.2. The SMILES string of the molecule is Nc1c(C(=O)N2CCC[C@H]3CCCC[C@H]32)nnc2ccccc12. The minimum Gasteiger partial charge on any atom is -0.396 e. The molecule has 23 heavy (non-hydrogen) atoms. The van der Waals surface area contributed by atoms with Gasteiger partial charge in [0.05, 0.1) is 11.2 Å². The second-order valence-corrected chi connectivity index (χ2v) is 6.73. The molecule has 0 bridgehead atoms. The minimum absolute atomic E-state index is 0.0441. The Kier molecular flexibility index (Phi) is 3.63. The van der Waals surface area contributed by atoms with Gasteiger partial charge < -0.3 is 10.6 Å². The summed E-state index contributed by atoms with van der Waals surface area (Å²) in [6.45, 7) is 0.813. The van der Waals surface area contributed by atoms with E-state index < -0.39 is 0 Å². The normalized spacial score (nSPS) is 24.4. The predicted octanol–water partition coefficient (Wildman–Crippen LogP) is 3.01. The van der Waals surface area contributed by atoms with Gasteiger partial charge in [-0.2, -0.15) is 0 Å². The maximum Gasteiger partial charge on any atom is 0.276 e. The number of nitrogens with two attached hydrogens (primary N) is 1. The molecule has 5 heteroatoms. The number of fused-ring (bicyclic) bond motifs is 2. The fourth-order valence-corrected chi connectivity index (χ4v) is 4.24. The number of carbonyl (C=O) groups is 1. The largest absolute Gasteiger partial charge is 0.396 e. The van der Waals surface area contributed by atoms with E-state index in [2.05, 4.69) is 10.2 Å². The van der Waals surface area contributed by atoms with Crippen molar-refractivity contribution >= 4 is 22.5 Å². The fraction of sp³-hybridized carbons (Fsp3) is 0.500. The third-order valence-electron chi connectivity index (χ3n) is 5.41. The molecular weight excluding hydrogens is 288 g/mol. The summed E-state index contributed by atoms with van der Waals surface area (Å²) in [4.78, 5) is 15.1. The van der Waals surface area contributed by atoms with Crippen LogP contribution in [0.2, 0.25) is 0 Å². The first-order valence-corrected chi connectivity index (χ1v) is 8.57. The van der Waals surface area contributed by atoms with Gasteiger partial charge in [-0.15, -0.1) is 10.2 Å². The molecule has 120 valence electrons. The van der Waals surface area contributed by atoms with Crippen LogP contribution in [0.15, 0.2) is 24.3 Å². The first-order valence-electron chi connectivity index (χ1n) is 8.57. The Morgan fingerprint density at radius 2 is 1.87 bits per heavy atom. The van der Waals surface area contributed by atoms with Crippen LogP contribution in [0.3, 0.4) is 0 Å². The first-order chi connectivity index (χ1) is 11.3. The summed E-state index contributed by atoms with van der Waals surface area (Å²) in [7, 11) is 0. The fourth-order valence-electron chi connectivity index (χ4n) is 4.24. The van der Waals surface area contributed by atoms with Crippen LogP contribution in [-0.4, -0.2) is 33.6 Å². The summed E-state index contributed by atoms with van der Waals surface area (Å²) in [5.74, 6) is 0.605. The summed E-state index contributed by atoms with van der Waals surface area (Å²) in [6, 6.07) is 7.93. The van der Waals surface area contributed by atoms with Crippen LogP contribution in [0.25, 0.3) is 10.9 Å². The van der Waals surface area contributed by atoms with Crippen molar-refractivity contribution in [3.8, 4) is 0 Å². The van der Waals surface area contributed by atoms with Gasteiger partial charge in [0.2, 0.25) is 0 Å². The highest BCUT2D eigenvalue weighted by molar-refractivity contribution is 6.04. The highest BCUT2D eigenvalue weighted by Crippen LogP contribution is 2.36. The lowest BCUT2D eigenvalue weighted by atomic mass is 9.78. The third kappa shape index (κ3) is 2.44. The summed E-state index contributed by atoms with van der Waals surface area (Å²) < 4.78 is 0. The minimum atomic E-state index is -0.0441. The zero-order chi connectivity index (χ0) is 15.8. The maximum atomic E-state index is 13.1. The number of benzene rings is 1. The van der Waals surface area contributed by atoms with E-state index in [0.717, 1.165) is 30.3 Å². The number of likely N-dealkylation sites (tertiary alicyclic amines) is 1. The quantitative estimate of drug-likeness (QED) is 0.879. The van der Waals surface area contributed by atoms with Crippen LogP contribution in [0.5, 0.6) is 0 Å². The average molecular weight is 310 g/mol. The van der Waals surface area contributed by atoms with Crippen molar-refractivity contribution in [1.29, 1.82) is 0 Å². The molecule has 4 rings (SSSR count). The smallest absolute Gasteiger partial charge is 0.276 e. The van der Waals surface area contributed by atoms with Crippen molar-refractivity contribution in [2.45, 2.75) is 44.6 Å². The highest BCUT2D eigenvalue weighted by atomic mass is 16.2. The number of amides is 1. The molecule has 2 atom stereocenters.